The molecule has 15 heteroatoms. The molecule has 0 saturated heterocycles. The van der Waals surface area contributed by atoms with Crippen LogP contribution in [0.15, 0.2) is 53.1 Å². The number of methoxy groups -OCH3 is 1. The number of carbonyl (C=O) groups is 3. The molecule has 0 radical (unpaired) electrons. The summed E-state index contributed by atoms with van der Waals surface area (Å²) in [5, 5.41) is 36.1. The van der Waals surface area contributed by atoms with Crippen molar-refractivity contribution in [1.29, 1.82) is 5.26 Å². The van der Waals surface area contributed by atoms with E-state index in [0.717, 1.165) is 35.1 Å². The number of alkyl halides is 3. The molecule has 1 unspecified atom stereocenters. The molecule has 0 aliphatic carbocycles. The first-order valence-corrected chi connectivity index (χ1v) is 12.6. The first-order valence-electron chi connectivity index (χ1n) is 12.6. The SMILES string of the molecule is COC(=O)N(C)c1cc2onc(C(O)Nc3ccc(C#N)cc3C(=O)O)c2cc1-c1ccc(N(C)C(C)=O)cc1C(F)(F)F. The summed E-state index contributed by atoms with van der Waals surface area (Å²) in [5.74, 6) is -1.89. The van der Waals surface area contributed by atoms with Crippen molar-refractivity contribution >= 4 is 46.0 Å². The molecule has 12 nitrogen and oxygen atoms in total. The summed E-state index contributed by atoms with van der Waals surface area (Å²) < 4.78 is 53.4. The van der Waals surface area contributed by atoms with Crippen molar-refractivity contribution in [3.63, 3.8) is 0 Å². The number of hydrogen-bond donors (Lipinski definition) is 3. The summed E-state index contributed by atoms with van der Waals surface area (Å²) in [6.07, 6.45) is -7.54. The highest BCUT2D eigenvalue weighted by atomic mass is 19.4. The predicted octanol–water partition coefficient (Wildman–Crippen LogP) is 5.37. The molecule has 4 rings (SSSR count). The number of hydrogen-bond acceptors (Lipinski definition) is 9. The van der Waals surface area contributed by atoms with Gasteiger partial charge in [0.05, 0.1) is 46.6 Å². The number of rotatable bonds is 7. The minimum absolute atomic E-state index is 0.0283. The van der Waals surface area contributed by atoms with Gasteiger partial charge >= 0.3 is 18.2 Å². The van der Waals surface area contributed by atoms with Gasteiger partial charge in [0.15, 0.2) is 11.8 Å². The third kappa shape index (κ3) is 5.96. The van der Waals surface area contributed by atoms with Crippen LogP contribution in [0.1, 0.15) is 40.3 Å². The number of benzene rings is 3. The number of aliphatic hydroxyl groups is 1. The number of carboxylic acids is 1. The van der Waals surface area contributed by atoms with Gasteiger partial charge in [0, 0.05) is 38.3 Å². The van der Waals surface area contributed by atoms with Crippen LogP contribution in [0.5, 0.6) is 0 Å². The van der Waals surface area contributed by atoms with E-state index >= 15 is 0 Å². The summed E-state index contributed by atoms with van der Waals surface area (Å²) in [6, 6.07) is 11.2. The number of amides is 2. The highest BCUT2D eigenvalue weighted by molar-refractivity contribution is 6.01. The van der Waals surface area contributed by atoms with Gasteiger partial charge < -0.3 is 29.7 Å². The van der Waals surface area contributed by atoms with Crippen molar-refractivity contribution in [3.05, 3.63) is 70.9 Å². The molecule has 1 atom stereocenters. The molecule has 0 spiro atoms. The Kier molecular flexibility index (Phi) is 8.50. The van der Waals surface area contributed by atoms with Gasteiger partial charge in [-0.15, -0.1) is 0 Å². The van der Waals surface area contributed by atoms with E-state index < -0.39 is 35.9 Å². The van der Waals surface area contributed by atoms with Crippen LogP contribution in [-0.2, 0) is 15.7 Å². The highest BCUT2D eigenvalue weighted by Crippen LogP contribution is 2.44. The van der Waals surface area contributed by atoms with Gasteiger partial charge in [-0.2, -0.15) is 18.4 Å². The van der Waals surface area contributed by atoms with Gasteiger partial charge in [0.25, 0.3) is 0 Å². The van der Waals surface area contributed by atoms with E-state index in [1.807, 2.05) is 6.07 Å². The number of nitrogens with one attached hydrogen (secondary N) is 1. The Morgan fingerprint density at radius 3 is 2.36 bits per heavy atom. The van der Waals surface area contributed by atoms with E-state index in [4.69, 9.17) is 14.5 Å². The molecule has 0 saturated carbocycles. The number of anilines is 3. The van der Waals surface area contributed by atoms with Crippen LogP contribution < -0.4 is 15.1 Å². The number of aromatic nitrogens is 1. The van der Waals surface area contributed by atoms with E-state index in [2.05, 4.69) is 10.5 Å². The summed E-state index contributed by atoms with van der Waals surface area (Å²) in [5.41, 5.74) is -2.31. The van der Waals surface area contributed by atoms with Crippen LogP contribution >= 0.6 is 0 Å². The molecule has 3 aromatic carbocycles. The number of aliphatic hydroxyl groups excluding tert-OH is 1. The third-order valence-corrected chi connectivity index (χ3v) is 6.81. The normalized spacial score (nSPS) is 11.9. The topological polar surface area (TPSA) is 169 Å². The van der Waals surface area contributed by atoms with Crippen molar-refractivity contribution in [2.75, 3.05) is 36.3 Å². The lowest BCUT2D eigenvalue weighted by molar-refractivity contribution is -0.137. The number of nitriles is 1. The molecule has 0 aliphatic rings. The Bertz CT molecular complexity index is 1830. The molecule has 2 amide bonds. The average Bonchev–Trinajstić information content (AvgIpc) is 3.41. The zero-order valence-electron chi connectivity index (χ0n) is 23.6. The van der Waals surface area contributed by atoms with E-state index in [0.29, 0.717) is 0 Å². The van der Waals surface area contributed by atoms with Gasteiger partial charge in [-0.1, -0.05) is 11.2 Å². The first-order chi connectivity index (χ1) is 20.7. The molecule has 3 N–H and O–H groups in total. The summed E-state index contributed by atoms with van der Waals surface area (Å²) in [6.45, 7) is 1.20. The molecular formula is C29H24F3N5O7. The Hall–Kier alpha value is -5.62. The minimum atomic E-state index is -4.90. The summed E-state index contributed by atoms with van der Waals surface area (Å²) in [7, 11) is 3.68. The van der Waals surface area contributed by atoms with Crippen molar-refractivity contribution in [3.8, 4) is 17.2 Å². The van der Waals surface area contributed by atoms with Crippen LogP contribution in [0.25, 0.3) is 22.1 Å². The van der Waals surface area contributed by atoms with Gasteiger partial charge in [-0.25, -0.2) is 9.59 Å². The third-order valence-electron chi connectivity index (χ3n) is 6.81. The zero-order valence-corrected chi connectivity index (χ0v) is 23.6. The number of nitrogens with zero attached hydrogens (tertiary/aromatic N) is 4. The summed E-state index contributed by atoms with van der Waals surface area (Å²) in [4.78, 5) is 38.0. The molecule has 44 heavy (non-hydrogen) atoms. The maximum absolute atomic E-state index is 14.4. The van der Waals surface area contributed by atoms with Crippen LogP contribution in [0, 0.1) is 11.3 Å². The van der Waals surface area contributed by atoms with Crippen molar-refractivity contribution in [2.45, 2.75) is 19.3 Å². The summed E-state index contributed by atoms with van der Waals surface area (Å²) >= 11 is 0. The van der Waals surface area contributed by atoms with Crippen molar-refractivity contribution < 1.29 is 47.0 Å². The number of halogens is 3. The maximum atomic E-state index is 14.4. The Labute approximate surface area is 247 Å². The Morgan fingerprint density at radius 1 is 1.07 bits per heavy atom. The van der Waals surface area contributed by atoms with Crippen molar-refractivity contribution in [2.24, 2.45) is 0 Å². The van der Waals surface area contributed by atoms with E-state index in [1.165, 1.54) is 51.4 Å². The number of carbonyl (C=O) groups excluding carboxylic acids is 2. The molecule has 228 valence electrons. The number of ether oxygens (including phenoxy) is 1. The zero-order chi connectivity index (χ0) is 32.5. The fourth-order valence-electron chi connectivity index (χ4n) is 4.44. The number of carboxylic acid groups (broad SMARTS) is 1. The van der Waals surface area contributed by atoms with Gasteiger partial charge in [0.1, 0.15) is 5.69 Å². The fraction of sp³-hybridized carbons (Fsp3) is 0.207. The lowest BCUT2D eigenvalue weighted by Gasteiger charge is -2.23. The molecular weight excluding hydrogens is 587 g/mol. The molecule has 0 bridgehead atoms. The first kappa shape index (κ1) is 31.3. The van der Waals surface area contributed by atoms with Crippen LogP contribution in [0.4, 0.5) is 35.0 Å². The smallest absolute Gasteiger partial charge is 0.417 e. The number of aromatic carboxylic acids is 1. The lowest BCUT2D eigenvalue weighted by Crippen LogP contribution is -2.26. The quantitative estimate of drug-likeness (QED) is 0.231. The Morgan fingerprint density at radius 2 is 1.77 bits per heavy atom. The van der Waals surface area contributed by atoms with Crippen LogP contribution in [0.2, 0.25) is 0 Å². The molecule has 1 heterocycles. The second kappa shape index (κ2) is 11.9. The van der Waals surface area contributed by atoms with Crippen LogP contribution in [0.3, 0.4) is 0 Å². The monoisotopic (exact) mass is 611 g/mol. The van der Waals surface area contributed by atoms with Crippen molar-refractivity contribution in [1.82, 2.24) is 5.16 Å². The second-order valence-electron chi connectivity index (χ2n) is 9.49. The van der Waals surface area contributed by atoms with Crippen LogP contribution in [-0.4, -0.2) is 54.5 Å². The largest absolute Gasteiger partial charge is 0.478 e. The maximum Gasteiger partial charge on any atom is 0.417 e. The molecule has 1 aromatic heterocycles. The van der Waals surface area contributed by atoms with Gasteiger partial charge in [-0.05, 0) is 42.0 Å². The fourth-order valence-corrected chi connectivity index (χ4v) is 4.44. The number of fused-ring (bicyclic) bond motifs is 1. The van der Waals surface area contributed by atoms with E-state index in [-0.39, 0.29) is 56.0 Å². The van der Waals surface area contributed by atoms with Gasteiger partial charge in [-0.3, -0.25) is 9.69 Å². The molecule has 4 aromatic rings. The average molecular weight is 612 g/mol. The van der Waals surface area contributed by atoms with E-state index in [1.54, 1.807) is 0 Å². The second-order valence-corrected chi connectivity index (χ2v) is 9.49. The van der Waals surface area contributed by atoms with E-state index in [9.17, 15) is 37.8 Å². The lowest BCUT2D eigenvalue weighted by atomic mass is 9.94. The predicted molar refractivity (Wildman–Crippen MR) is 151 cm³/mol. The molecule has 0 fully saturated rings. The Balaban J connectivity index is 1.93. The highest BCUT2D eigenvalue weighted by Gasteiger charge is 2.36. The van der Waals surface area contributed by atoms with Gasteiger partial charge in [0.2, 0.25) is 5.91 Å². The minimum Gasteiger partial charge on any atom is -0.478 e. The standard InChI is InChI=1S/C29H24F3N5O7/c1-14(38)36(2)16-6-7-17(21(10-16)29(30,31)32)18-11-20-24(12-23(18)37(3)28(42)43-4)44-35-25(20)26(39)34-22-8-5-15(13-33)9-19(22)27(40)41/h5-12,26,34,39H,1-4H3,(H,40,41). The molecule has 0 aliphatic heterocycles.